The van der Waals surface area contributed by atoms with Gasteiger partial charge in [0.15, 0.2) is 6.29 Å². The summed E-state index contributed by atoms with van der Waals surface area (Å²) in [5, 5.41) is 0.861. The second kappa shape index (κ2) is 5.59. The normalized spacial score (nSPS) is 16.2. The fourth-order valence-corrected chi connectivity index (χ4v) is 3.17. The molecule has 4 nitrogen and oxygen atoms in total. The quantitative estimate of drug-likeness (QED) is 0.629. The van der Waals surface area contributed by atoms with E-state index in [1.165, 1.54) is 0 Å². The van der Waals surface area contributed by atoms with Crippen molar-refractivity contribution in [2.24, 2.45) is 5.92 Å². The van der Waals surface area contributed by atoms with E-state index in [-0.39, 0.29) is 5.56 Å². The maximum absolute atomic E-state index is 12.2. The average Bonchev–Trinajstić information content (AvgIpc) is 2.51. The largest absolute Gasteiger partial charge is 0.422 e. The number of nitrogens with zero attached hydrogens (tertiary/aromatic N) is 1. The van der Waals surface area contributed by atoms with E-state index >= 15 is 0 Å². The molecule has 1 saturated heterocycles. The SMILES string of the molecule is Cc1ccc2c(N3CCC(C)CC3)c(C=O)c(=O)oc2c1C. The molecule has 0 atom stereocenters. The summed E-state index contributed by atoms with van der Waals surface area (Å²) >= 11 is 0. The third kappa shape index (κ3) is 2.32. The first-order chi connectivity index (χ1) is 10.5. The average molecular weight is 299 g/mol. The van der Waals surface area contributed by atoms with Crippen LogP contribution in [-0.2, 0) is 0 Å². The minimum absolute atomic E-state index is 0.144. The molecule has 1 aliphatic rings. The molecule has 4 heteroatoms. The summed E-state index contributed by atoms with van der Waals surface area (Å²) in [6.45, 7) is 7.91. The van der Waals surface area contributed by atoms with E-state index in [0.29, 0.717) is 17.8 Å². The van der Waals surface area contributed by atoms with Crippen molar-refractivity contribution in [2.45, 2.75) is 33.6 Å². The van der Waals surface area contributed by atoms with Crippen molar-refractivity contribution in [1.29, 1.82) is 0 Å². The summed E-state index contributed by atoms with van der Waals surface area (Å²) in [6, 6.07) is 3.98. The van der Waals surface area contributed by atoms with Gasteiger partial charge in [0.1, 0.15) is 11.1 Å². The Morgan fingerprint density at radius 3 is 2.55 bits per heavy atom. The number of carbonyl (C=O) groups is 1. The number of hydrogen-bond acceptors (Lipinski definition) is 4. The summed E-state index contributed by atoms with van der Waals surface area (Å²) in [6.07, 6.45) is 2.78. The predicted molar refractivity (Wildman–Crippen MR) is 88.0 cm³/mol. The second-order valence-electron chi connectivity index (χ2n) is 6.32. The maximum atomic E-state index is 12.2. The van der Waals surface area contributed by atoms with Crippen LogP contribution in [0.25, 0.3) is 11.0 Å². The molecule has 0 radical (unpaired) electrons. The molecule has 2 aromatic rings. The van der Waals surface area contributed by atoms with Gasteiger partial charge in [0.2, 0.25) is 0 Å². The summed E-state index contributed by atoms with van der Waals surface area (Å²) in [5.41, 5.74) is 2.99. The number of aryl methyl sites for hydroxylation is 2. The third-order valence-corrected chi connectivity index (χ3v) is 4.82. The van der Waals surface area contributed by atoms with Crippen molar-refractivity contribution in [1.82, 2.24) is 0 Å². The van der Waals surface area contributed by atoms with Crippen LogP contribution in [0.4, 0.5) is 5.69 Å². The molecule has 0 amide bonds. The van der Waals surface area contributed by atoms with E-state index in [4.69, 9.17) is 4.42 Å². The van der Waals surface area contributed by atoms with Crippen LogP contribution in [0.5, 0.6) is 0 Å². The number of rotatable bonds is 2. The lowest BCUT2D eigenvalue weighted by Gasteiger charge is -2.33. The smallest absolute Gasteiger partial charge is 0.349 e. The van der Waals surface area contributed by atoms with Gasteiger partial charge in [-0.05, 0) is 49.8 Å². The molecule has 3 rings (SSSR count). The molecule has 22 heavy (non-hydrogen) atoms. The second-order valence-corrected chi connectivity index (χ2v) is 6.32. The Bertz CT molecular complexity index is 783. The zero-order valence-corrected chi connectivity index (χ0v) is 13.3. The number of benzene rings is 1. The van der Waals surface area contributed by atoms with Crippen LogP contribution in [-0.4, -0.2) is 19.4 Å². The molecule has 0 saturated carbocycles. The lowest BCUT2D eigenvalue weighted by Crippen LogP contribution is -2.34. The van der Waals surface area contributed by atoms with Crippen LogP contribution in [0, 0.1) is 19.8 Å². The fraction of sp³-hybridized carbons (Fsp3) is 0.444. The molecule has 1 aromatic carbocycles. The molecule has 116 valence electrons. The van der Waals surface area contributed by atoms with Gasteiger partial charge in [-0.3, -0.25) is 4.79 Å². The molecule has 0 bridgehead atoms. The summed E-state index contributed by atoms with van der Waals surface area (Å²) < 4.78 is 5.43. The van der Waals surface area contributed by atoms with Crippen LogP contribution in [0.2, 0.25) is 0 Å². The first-order valence-corrected chi connectivity index (χ1v) is 7.80. The van der Waals surface area contributed by atoms with Gasteiger partial charge in [0.25, 0.3) is 0 Å². The Morgan fingerprint density at radius 1 is 1.23 bits per heavy atom. The highest BCUT2D eigenvalue weighted by molar-refractivity contribution is 6.00. The lowest BCUT2D eigenvalue weighted by molar-refractivity contribution is 0.112. The molecule has 1 aliphatic heterocycles. The molecule has 2 heterocycles. The first-order valence-electron chi connectivity index (χ1n) is 7.80. The number of hydrogen-bond donors (Lipinski definition) is 0. The summed E-state index contributed by atoms with van der Waals surface area (Å²) in [5.74, 6) is 0.686. The van der Waals surface area contributed by atoms with Gasteiger partial charge in [-0.25, -0.2) is 4.79 Å². The first kappa shape index (κ1) is 14.8. The standard InChI is InChI=1S/C18H21NO3/c1-11-6-8-19(9-7-11)16-14-5-4-12(2)13(3)17(14)22-18(21)15(16)10-20/h4-5,10-11H,6-9H2,1-3H3. The van der Waals surface area contributed by atoms with E-state index in [1.807, 2.05) is 26.0 Å². The van der Waals surface area contributed by atoms with E-state index in [0.717, 1.165) is 48.1 Å². The van der Waals surface area contributed by atoms with Gasteiger partial charge < -0.3 is 9.32 Å². The highest BCUT2D eigenvalue weighted by Crippen LogP contribution is 2.33. The third-order valence-electron chi connectivity index (χ3n) is 4.82. The van der Waals surface area contributed by atoms with Crippen molar-refractivity contribution in [2.75, 3.05) is 18.0 Å². The zero-order chi connectivity index (χ0) is 15.9. The van der Waals surface area contributed by atoms with Crippen LogP contribution in [0.1, 0.15) is 41.3 Å². The van der Waals surface area contributed by atoms with Gasteiger partial charge in [-0.1, -0.05) is 13.0 Å². The number of anilines is 1. The molecular weight excluding hydrogens is 278 g/mol. The van der Waals surface area contributed by atoms with E-state index < -0.39 is 5.63 Å². The Kier molecular flexibility index (Phi) is 3.77. The Balaban J connectivity index is 2.28. The van der Waals surface area contributed by atoms with Crippen LogP contribution in [0.3, 0.4) is 0 Å². The Hall–Kier alpha value is -2.10. The Morgan fingerprint density at radius 2 is 1.91 bits per heavy atom. The van der Waals surface area contributed by atoms with Crippen LogP contribution >= 0.6 is 0 Å². The Labute approximate surface area is 129 Å². The van der Waals surface area contributed by atoms with Crippen molar-refractivity contribution in [3.05, 3.63) is 39.2 Å². The summed E-state index contributed by atoms with van der Waals surface area (Å²) in [4.78, 5) is 25.9. The van der Waals surface area contributed by atoms with E-state index in [9.17, 15) is 9.59 Å². The monoisotopic (exact) mass is 299 g/mol. The highest BCUT2D eigenvalue weighted by Gasteiger charge is 2.24. The van der Waals surface area contributed by atoms with E-state index in [2.05, 4.69) is 11.8 Å². The van der Waals surface area contributed by atoms with Crippen molar-refractivity contribution < 1.29 is 9.21 Å². The van der Waals surface area contributed by atoms with Crippen molar-refractivity contribution in [3.8, 4) is 0 Å². The molecule has 0 spiro atoms. The maximum Gasteiger partial charge on any atom is 0.349 e. The van der Waals surface area contributed by atoms with Crippen molar-refractivity contribution in [3.63, 3.8) is 0 Å². The van der Waals surface area contributed by atoms with Crippen LogP contribution in [0.15, 0.2) is 21.3 Å². The van der Waals surface area contributed by atoms with E-state index in [1.54, 1.807) is 0 Å². The molecule has 1 fully saturated rings. The number of fused-ring (bicyclic) bond motifs is 1. The van der Waals surface area contributed by atoms with Crippen molar-refractivity contribution >= 4 is 22.9 Å². The molecule has 0 N–H and O–H groups in total. The van der Waals surface area contributed by atoms with Gasteiger partial charge in [0, 0.05) is 18.5 Å². The minimum atomic E-state index is -0.537. The highest BCUT2D eigenvalue weighted by atomic mass is 16.4. The van der Waals surface area contributed by atoms with Gasteiger partial charge in [-0.2, -0.15) is 0 Å². The predicted octanol–water partition coefficient (Wildman–Crippen LogP) is 3.46. The fourth-order valence-electron chi connectivity index (χ4n) is 3.17. The number of carbonyl (C=O) groups excluding carboxylic acids is 1. The lowest BCUT2D eigenvalue weighted by atomic mass is 9.97. The topological polar surface area (TPSA) is 50.5 Å². The van der Waals surface area contributed by atoms with Crippen LogP contribution < -0.4 is 10.5 Å². The van der Waals surface area contributed by atoms with Gasteiger partial charge >= 0.3 is 5.63 Å². The number of aldehydes is 1. The summed E-state index contributed by atoms with van der Waals surface area (Å²) in [7, 11) is 0. The zero-order valence-electron chi connectivity index (χ0n) is 13.3. The molecule has 0 unspecified atom stereocenters. The van der Waals surface area contributed by atoms with Gasteiger partial charge in [0.05, 0.1) is 5.69 Å². The van der Waals surface area contributed by atoms with Gasteiger partial charge in [-0.15, -0.1) is 0 Å². The minimum Gasteiger partial charge on any atom is -0.422 e. The molecule has 1 aromatic heterocycles. The molecule has 0 aliphatic carbocycles. The molecular formula is C18H21NO3. The number of piperidine rings is 1.